The van der Waals surface area contributed by atoms with E-state index in [4.69, 9.17) is 0 Å². The Balaban J connectivity index is 2.43. The van der Waals surface area contributed by atoms with Gasteiger partial charge < -0.3 is 0 Å². The summed E-state index contributed by atoms with van der Waals surface area (Å²) in [7, 11) is 0. The third-order valence-electron chi connectivity index (χ3n) is 2.50. The molecule has 0 saturated heterocycles. The summed E-state index contributed by atoms with van der Waals surface area (Å²) in [5, 5.41) is 0. The molecule has 2 heteroatoms. The Morgan fingerprint density at radius 1 is 1.27 bits per heavy atom. The van der Waals surface area contributed by atoms with E-state index >= 15 is 0 Å². The quantitative estimate of drug-likeness (QED) is 0.733. The second kappa shape index (κ2) is 4.15. The fraction of sp³-hybridized carbons (Fsp3) is 0.308. The van der Waals surface area contributed by atoms with Crippen LogP contribution in [0.4, 0.5) is 0 Å². The molecule has 78 valence electrons. The van der Waals surface area contributed by atoms with Gasteiger partial charge in [-0.1, -0.05) is 19.9 Å². The predicted molar refractivity (Wildman–Crippen MR) is 66.4 cm³/mol. The summed E-state index contributed by atoms with van der Waals surface area (Å²) < 4.78 is 0. The third kappa shape index (κ3) is 2.10. The van der Waals surface area contributed by atoms with Crippen LogP contribution >= 0.6 is 11.3 Å². The van der Waals surface area contributed by atoms with E-state index < -0.39 is 0 Å². The van der Waals surface area contributed by atoms with Gasteiger partial charge in [-0.3, -0.25) is 4.98 Å². The van der Waals surface area contributed by atoms with E-state index in [0.717, 1.165) is 5.69 Å². The maximum atomic E-state index is 4.37. The molecule has 0 aliphatic heterocycles. The lowest BCUT2D eigenvalue weighted by molar-refractivity contribution is 0.864. The van der Waals surface area contributed by atoms with Gasteiger partial charge in [-0.15, -0.1) is 11.3 Å². The molecule has 0 unspecified atom stereocenters. The monoisotopic (exact) mass is 217 g/mol. The number of thiophene rings is 1. The zero-order valence-electron chi connectivity index (χ0n) is 9.32. The van der Waals surface area contributed by atoms with E-state index in [2.05, 4.69) is 37.9 Å². The first-order valence-corrected chi connectivity index (χ1v) is 6.02. The highest BCUT2D eigenvalue weighted by molar-refractivity contribution is 7.15. The van der Waals surface area contributed by atoms with Crippen molar-refractivity contribution >= 4 is 11.3 Å². The van der Waals surface area contributed by atoms with E-state index in [1.807, 2.05) is 29.7 Å². The molecule has 0 atom stereocenters. The molecule has 2 rings (SSSR count). The molecule has 0 aromatic carbocycles. The molecule has 2 aromatic rings. The summed E-state index contributed by atoms with van der Waals surface area (Å²) in [6.45, 7) is 6.65. The smallest absolute Gasteiger partial charge is 0.0801 e. The lowest BCUT2D eigenvalue weighted by atomic mass is 10.0. The average Bonchev–Trinajstić information content (AvgIpc) is 2.62. The van der Waals surface area contributed by atoms with Gasteiger partial charge in [0.25, 0.3) is 0 Å². The van der Waals surface area contributed by atoms with Crippen molar-refractivity contribution in [3.63, 3.8) is 0 Å². The van der Waals surface area contributed by atoms with Crippen molar-refractivity contribution in [2.45, 2.75) is 26.7 Å². The van der Waals surface area contributed by atoms with Crippen molar-refractivity contribution in [1.82, 2.24) is 4.98 Å². The SMILES string of the molecule is Cc1sc(-c2ccccn2)cc1C(C)C. The number of aromatic nitrogens is 1. The Morgan fingerprint density at radius 2 is 2.07 bits per heavy atom. The summed E-state index contributed by atoms with van der Waals surface area (Å²) in [5.41, 5.74) is 2.53. The number of rotatable bonds is 2. The minimum absolute atomic E-state index is 0.596. The normalized spacial score (nSPS) is 10.9. The largest absolute Gasteiger partial charge is 0.255 e. The molecule has 0 amide bonds. The molecule has 2 heterocycles. The van der Waals surface area contributed by atoms with Crippen molar-refractivity contribution < 1.29 is 0 Å². The number of hydrogen-bond acceptors (Lipinski definition) is 2. The summed E-state index contributed by atoms with van der Waals surface area (Å²) >= 11 is 1.83. The highest BCUT2D eigenvalue weighted by Gasteiger charge is 2.10. The van der Waals surface area contributed by atoms with E-state index in [1.54, 1.807) is 0 Å². The van der Waals surface area contributed by atoms with Crippen LogP contribution in [0.1, 0.15) is 30.2 Å². The van der Waals surface area contributed by atoms with Crippen LogP contribution in [-0.2, 0) is 0 Å². The van der Waals surface area contributed by atoms with Crippen LogP contribution in [0.2, 0.25) is 0 Å². The first-order chi connectivity index (χ1) is 7.18. The summed E-state index contributed by atoms with van der Waals surface area (Å²) in [4.78, 5) is 7.06. The Morgan fingerprint density at radius 3 is 2.60 bits per heavy atom. The van der Waals surface area contributed by atoms with Gasteiger partial charge >= 0.3 is 0 Å². The minimum atomic E-state index is 0.596. The number of hydrogen-bond donors (Lipinski definition) is 0. The molecule has 0 bridgehead atoms. The molecule has 15 heavy (non-hydrogen) atoms. The molecule has 0 aliphatic carbocycles. The van der Waals surface area contributed by atoms with Crippen LogP contribution in [0.3, 0.4) is 0 Å². The van der Waals surface area contributed by atoms with Crippen LogP contribution in [0, 0.1) is 6.92 Å². The molecule has 0 saturated carbocycles. The van der Waals surface area contributed by atoms with Crippen LogP contribution in [0.15, 0.2) is 30.5 Å². The van der Waals surface area contributed by atoms with Gasteiger partial charge in [0.1, 0.15) is 0 Å². The maximum Gasteiger partial charge on any atom is 0.0801 e. The maximum absolute atomic E-state index is 4.37. The molecule has 0 radical (unpaired) electrons. The molecular weight excluding hydrogens is 202 g/mol. The van der Waals surface area contributed by atoms with Crippen molar-refractivity contribution in [3.05, 3.63) is 40.9 Å². The molecular formula is C13H15NS. The van der Waals surface area contributed by atoms with Crippen molar-refractivity contribution in [1.29, 1.82) is 0 Å². The van der Waals surface area contributed by atoms with Gasteiger partial charge in [-0.2, -0.15) is 0 Å². The summed E-state index contributed by atoms with van der Waals surface area (Å²) in [6.07, 6.45) is 1.85. The molecule has 0 spiro atoms. The van der Waals surface area contributed by atoms with E-state index in [1.165, 1.54) is 15.3 Å². The van der Waals surface area contributed by atoms with Crippen molar-refractivity contribution in [3.8, 4) is 10.6 Å². The molecule has 0 aliphatic rings. The number of nitrogens with zero attached hydrogens (tertiary/aromatic N) is 1. The predicted octanol–water partition coefficient (Wildman–Crippen LogP) is 4.24. The second-order valence-electron chi connectivity index (χ2n) is 3.99. The lowest BCUT2D eigenvalue weighted by Gasteiger charge is -2.01. The Kier molecular flexibility index (Phi) is 2.87. The number of aryl methyl sites for hydroxylation is 1. The molecule has 0 N–H and O–H groups in total. The van der Waals surface area contributed by atoms with Crippen LogP contribution in [0.5, 0.6) is 0 Å². The standard InChI is InChI=1S/C13H15NS/c1-9(2)11-8-13(15-10(11)3)12-6-4-5-7-14-12/h4-9H,1-3H3. The Bertz CT molecular complexity index is 443. The highest BCUT2D eigenvalue weighted by atomic mass is 32.1. The topological polar surface area (TPSA) is 12.9 Å². The van der Waals surface area contributed by atoms with Crippen LogP contribution < -0.4 is 0 Å². The van der Waals surface area contributed by atoms with Gasteiger partial charge in [0, 0.05) is 11.1 Å². The molecule has 2 aromatic heterocycles. The second-order valence-corrected chi connectivity index (χ2v) is 5.25. The molecule has 1 nitrogen and oxygen atoms in total. The van der Waals surface area contributed by atoms with Gasteiger partial charge in [0.15, 0.2) is 0 Å². The van der Waals surface area contributed by atoms with E-state index in [-0.39, 0.29) is 0 Å². The Hall–Kier alpha value is -1.15. The van der Waals surface area contributed by atoms with Gasteiger partial charge in [-0.25, -0.2) is 0 Å². The first-order valence-electron chi connectivity index (χ1n) is 5.20. The van der Waals surface area contributed by atoms with Crippen molar-refractivity contribution in [2.24, 2.45) is 0 Å². The van der Waals surface area contributed by atoms with E-state index in [0.29, 0.717) is 5.92 Å². The minimum Gasteiger partial charge on any atom is -0.255 e. The highest BCUT2D eigenvalue weighted by Crippen LogP contribution is 2.33. The summed E-state index contributed by atoms with van der Waals surface area (Å²) in [5.74, 6) is 0.596. The van der Waals surface area contributed by atoms with Gasteiger partial charge in [0.2, 0.25) is 0 Å². The van der Waals surface area contributed by atoms with Crippen LogP contribution in [-0.4, -0.2) is 4.98 Å². The first kappa shape index (κ1) is 10.4. The Labute approximate surface area is 94.8 Å². The van der Waals surface area contributed by atoms with Gasteiger partial charge in [0.05, 0.1) is 10.6 Å². The van der Waals surface area contributed by atoms with Crippen molar-refractivity contribution in [2.75, 3.05) is 0 Å². The van der Waals surface area contributed by atoms with E-state index in [9.17, 15) is 0 Å². The molecule has 0 fully saturated rings. The lowest BCUT2D eigenvalue weighted by Crippen LogP contribution is -1.84. The van der Waals surface area contributed by atoms with Gasteiger partial charge in [-0.05, 0) is 36.6 Å². The fourth-order valence-electron chi connectivity index (χ4n) is 1.70. The zero-order chi connectivity index (χ0) is 10.8. The average molecular weight is 217 g/mol. The third-order valence-corrected chi connectivity index (χ3v) is 3.58. The fourth-order valence-corrected chi connectivity index (χ4v) is 2.86. The van der Waals surface area contributed by atoms with Crippen LogP contribution in [0.25, 0.3) is 10.6 Å². The number of pyridine rings is 1. The summed E-state index contributed by atoms with van der Waals surface area (Å²) in [6, 6.07) is 8.32. The zero-order valence-corrected chi connectivity index (χ0v) is 10.1.